The first-order chi connectivity index (χ1) is 7.41. The van der Waals surface area contributed by atoms with E-state index in [-0.39, 0.29) is 5.75 Å². The molecular formula is C9H9FN2O4. The van der Waals surface area contributed by atoms with Crippen molar-refractivity contribution >= 4 is 11.6 Å². The molecule has 1 unspecified atom stereocenters. The number of rotatable bonds is 4. The Morgan fingerprint density at radius 1 is 1.62 bits per heavy atom. The second kappa shape index (κ2) is 4.56. The fourth-order valence-corrected chi connectivity index (χ4v) is 0.971. The second-order valence-electron chi connectivity index (χ2n) is 3.03. The highest BCUT2D eigenvalue weighted by Gasteiger charge is 2.16. The van der Waals surface area contributed by atoms with Gasteiger partial charge in [0.15, 0.2) is 6.10 Å². The molecule has 1 atom stereocenters. The standard InChI is InChI=1S/C9H9FN2O4/c1-5(9(11)13)16-6-2-3-8(12(14)15)7(10)4-6/h2-5H,1H3,(H2,11,13). The van der Waals surface area contributed by atoms with Gasteiger partial charge in [-0.05, 0) is 13.0 Å². The molecule has 0 aliphatic rings. The molecule has 0 saturated carbocycles. The zero-order valence-electron chi connectivity index (χ0n) is 8.34. The van der Waals surface area contributed by atoms with Crippen molar-refractivity contribution in [2.75, 3.05) is 0 Å². The average Bonchev–Trinajstić information content (AvgIpc) is 2.16. The molecule has 1 aromatic carbocycles. The molecule has 16 heavy (non-hydrogen) atoms. The van der Waals surface area contributed by atoms with Gasteiger partial charge in [0.25, 0.3) is 5.91 Å². The van der Waals surface area contributed by atoms with Gasteiger partial charge < -0.3 is 10.5 Å². The zero-order valence-corrected chi connectivity index (χ0v) is 8.34. The van der Waals surface area contributed by atoms with Crippen LogP contribution in [0, 0.1) is 15.9 Å². The molecule has 2 N–H and O–H groups in total. The summed E-state index contributed by atoms with van der Waals surface area (Å²) in [5.74, 6) is -1.73. The molecule has 0 aliphatic heterocycles. The van der Waals surface area contributed by atoms with Crippen molar-refractivity contribution in [1.82, 2.24) is 0 Å². The Kier molecular flexibility index (Phi) is 3.39. The number of nitro groups is 1. The van der Waals surface area contributed by atoms with Crippen molar-refractivity contribution in [2.24, 2.45) is 5.73 Å². The minimum Gasteiger partial charge on any atom is -0.481 e. The van der Waals surface area contributed by atoms with Crippen LogP contribution < -0.4 is 10.5 Å². The van der Waals surface area contributed by atoms with Gasteiger partial charge in [0, 0.05) is 12.1 Å². The molecule has 1 aromatic rings. The van der Waals surface area contributed by atoms with E-state index in [1.165, 1.54) is 13.0 Å². The van der Waals surface area contributed by atoms with Crippen LogP contribution in [0.4, 0.5) is 10.1 Å². The van der Waals surface area contributed by atoms with Gasteiger partial charge in [-0.1, -0.05) is 0 Å². The molecule has 0 spiro atoms. The maximum atomic E-state index is 13.1. The number of nitrogens with zero attached hydrogens (tertiary/aromatic N) is 1. The third kappa shape index (κ3) is 2.66. The number of carbonyl (C=O) groups excluding carboxylic acids is 1. The van der Waals surface area contributed by atoms with E-state index >= 15 is 0 Å². The lowest BCUT2D eigenvalue weighted by molar-refractivity contribution is -0.387. The predicted molar refractivity (Wildman–Crippen MR) is 52.3 cm³/mol. The number of carbonyl (C=O) groups is 1. The van der Waals surface area contributed by atoms with Gasteiger partial charge in [0.2, 0.25) is 5.82 Å². The van der Waals surface area contributed by atoms with Crippen molar-refractivity contribution in [1.29, 1.82) is 0 Å². The van der Waals surface area contributed by atoms with E-state index < -0.39 is 28.4 Å². The maximum Gasteiger partial charge on any atom is 0.305 e. The van der Waals surface area contributed by atoms with Crippen LogP contribution in [-0.4, -0.2) is 16.9 Å². The molecule has 86 valence electrons. The number of hydrogen-bond donors (Lipinski definition) is 1. The van der Waals surface area contributed by atoms with Crippen molar-refractivity contribution in [3.63, 3.8) is 0 Å². The minimum absolute atomic E-state index is 0.00870. The molecule has 1 rings (SSSR count). The lowest BCUT2D eigenvalue weighted by Gasteiger charge is -2.10. The molecule has 0 aromatic heterocycles. The lowest BCUT2D eigenvalue weighted by Crippen LogP contribution is -2.30. The van der Waals surface area contributed by atoms with E-state index in [4.69, 9.17) is 10.5 Å². The number of primary amides is 1. The van der Waals surface area contributed by atoms with Crippen LogP contribution in [0.2, 0.25) is 0 Å². The molecule has 0 aliphatic carbocycles. The molecule has 0 fully saturated rings. The third-order valence-corrected chi connectivity index (χ3v) is 1.83. The van der Waals surface area contributed by atoms with Crippen LogP contribution >= 0.6 is 0 Å². The van der Waals surface area contributed by atoms with Gasteiger partial charge in [0.1, 0.15) is 5.75 Å². The van der Waals surface area contributed by atoms with Crippen LogP contribution in [-0.2, 0) is 4.79 Å². The molecule has 7 heteroatoms. The third-order valence-electron chi connectivity index (χ3n) is 1.83. The van der Waals surface area contributed by atoms with Crippen molar-refractivity contribution in [3.05, 3.63) is 34.1 Å². The summed E-state index contributed by atoms with van der Waals surface area (Å²) in [6.07, 6.45) is -0.930. The summed E-state index contributed by atoms with van der Waals surface area (Å²) in [5.41, 5.74) is 4.28. The SMILES string of the molecule is CC(Oc1ccc([N+](=O)[O-])c(F)c1)C(N)=O. The Morgan fingerprint density at radius 3 is 2.69 bits per heavy atom. The van der Waals surface area contributed by atoms with E-state index in [0.29, 0.717) is 0 Å². The summed E-state index contributed by atoms with van der Waals surface area (Å²) in [6.45, 7) is 1.39. The lowest BCUT2D eigenvalue weighted by atomic mass is 10.3. The number of hydrogen-bond acceptors (Lipinski definition) is 4. The highest BCUT2D eigenvalue weighted by Crippen LogP contribution is 2.22. The maximum absolute atomic E-state index is 13.1. The average molecular weight is 228 g/mol. The number of ether oxygens (including phenoxy) is 1. The van der Waals surface area contributed by atoms with Gasteiger partial charge in [-0.3, -0.25) is 14.9 Å². The van der Waals surface area contributed by atoms with E-state index in [9.17, 15) is 19.3 Å². The quantitative estimate of drug-likeness (QED) is 0.613. The van der Waals surface area contributed by atoms with Crippen molar-refractivity contribution < 1.29 is 18.8 Å². The molecule has 6 nitrogen and oxygen atoms in total. The highest BCUT2D eigenvalue weighted by molar-refractivity contribution is 5.78. The number of nitro benzene ring substituents is 1. The highest BCUT2D eigenvalue weighted by atomic mass is 19.1. The van der Waals surface area contributed by atoms with E-state index in [0.717, 1.165) is 12.1 Å². The van der Waals surface area contributed by atoms with Crippen LogP contribution in [0.1, 0.15) is 6.92 Å². The molecule has 0 heterocycles. The molecule has 1 amide bonds. The fourth-order valence-electron chi connectivity index (χ4n) is 0.971. The van der Waals surface area contributed by atoms with Crippen LogP contribution in [0.3, 0.4) is 0 Å². The fraction of sp³-hybridized carbons (Fsp3) is 0.222. The summed E-state index contributed by atoms with van der Waals surface area (Å²) in [5, 5.41) is 10.3. The van der Waals surface area contributed by atoms with Crippen molar-refractivity contribution in [3.8, 4) is 5.75 Å². The summed E-state index contributed by atoms with van der Waals surface area (Å²) in [7, 11) is 0. The number of nitrogens with two attached hydrogens (primary N) is 1. The molecular weight excluding hydrogens is 219 g/mol. The topological polar surface area (TPSA) is 95.5 Å². The smallest absolute Gasteiger partial charge is 0.305 e. The Labute approximate surface area is 90.0 Å². The molecule has 0 saturated heterocycles. The summed E-state index contributed by atoms with van der Waals surface area (Å²) in [4.78, 5) is 20.1. The zero-order chi connectivity index (χ0) is 12.3. The van der Waals surface area contributed by atoms with Gasteiger partial charge in [-0.15, -0.1) is 0 Å². The van der Waals surface area contributed by atoms with Gasteiger partial charge >= 0.3 is 5.69 Å². The van der Waals surface area contributed by atoms with E-state index in [2.05, 4.69) is 0 Å². The van der Waals surface area contributed by atoms with Crippen molar-refractivity contribution in [2.45, 2.75) is 13.0 Å². The first-order valence-electron chi connectivity index (χ1n) is 4.31. The number of halogens is 1. The Morgan fingerprint density at radius 2 is 2.25 bits per heavy atom. The number of benzene rings is 1. The first-order valence-corrected chi connectivity index (χ1v) is 4.31. The van der Waals surface area contributed by atoms with Crippen LogP contribution in [0.5, 0.6) is 5.75 Å². The monoisotopic (exact) mass is 228 g/mol. The largest absolute Gasteiger partial charge is 0.481 e. The first kappa shape index (κ1) is 11.9. The summed E-state index contributed by atoms with van der Waals surface area (Å²) >= 11 is 0. The normalized spacial score (nSPS) is 11.9. The van der Waals surface area contributed by atoms with E-state index in [1.54, 1.807) is 0 Å². The molecule has 0 bridgehead atoms. The van der Waals surface area contributed by atoms with Gasteiger partial charge in [-0.2, -0.15) is 4.39 Å². The van der Waals surface area contributed by atoms with Crippen LogP contribution in [0.15, 0.2) is 18.2 Å². The number of amides is 1. The Hall–Kier alpha value is -2.18. The molecule has 0 radical (unpaired) electrons. The summed E-state index contributed by atoms with van der Waals surface area (Å²) in [6, 6.07) is 2.98. The minimum atomic E-state index is -1.03. The predicted octanol–water partition coefficient (Wildman–Crippen LogP) is 0.986. The second-order valence-corrected chi connectivity index (χ2v) is 3.03. The summed E-state index contributed by atoms with van der Waals surface area (Å²) < 4.78 is 18.1. The Balaban J connectivity index is 2.89. The Bertz CT molecular complexity index is 436. The van der Waals surface area contributed by atoms with Gasteiger partial charge in [-0.25, -0.2) is 0 Å². The van der Waals surface area contributed by atoms with Gasteiger partial charge in [0.05, 0.1) is 4.92 Å². The van der Waals surface area contributed by atoms with Crippen LogP contribution in [0.25, 0.3) is 0 Å². The van der Waals surface area contributed by atoms with E-state index in [1.807, 2.05) is 0 Å².